The normalized spacial score (nSPS) is 14.4. The lowest BCUT2D eigenvalue weighted by Crippen LogP contribution is -2.18. The minimum atomic E-state index is 0.687. The summed E-state index contributed by atoms with van der Waals surface area (Å²) in [6, 6.07) is 2.62. The maximum atomic E-state index is 4.61. The number of rotatable bonds is 6. The number of nitrogens with one attached hydrogen (secondary N) is 1. The van der Waals surface area contributed by atoms with E-state index in [1.807, 2.05) is 6.07 Å². The first-order valence-electron chi connectivity index (χ1n) is 7.58. The Kier molecular flexibility index (Phi) is 4.20. The van der Waals surface area contributed by atoms with Gasteiger partial charge in [-0.05, 0) is 57.7 Å². The van der Waals surface area contributed by atoms with Crippen LogP contribution in [-0.4, -0.2) is 32.5 Å². The summed E-state index contributed by atoms with van der Waals surface area (Å²) in [6.07, 6.45) is 8.09. The van der Waals surface area contributed by atoms with Crippen molar-refractivity contribution in [3.05, 3.63) is 35.5 Å². The fraction of sp³-hybridized carbons (Fsp3) is 0.500. The van der Waals surface area contributed by atoms with E-state index in [2.05, 4.69) is 39.1 Å². The van der Waals surface area contributed by atoms with Gasteiger partial charge in [0.15, 0.2) is 5.82 Å². The standard InChI is InChI=1S/C16H21N5/c1-11-14(4-3-8-18-13-5-6-13)12(2)21-16(20-11)15-7-9-17-10-19-15/h7,9-10,13,18H,3-6,8H2,1-2H3. The van der Waals surface area contributed by atoms with Crippen molar-refractivity contribution in [3.63, 3.8) is 0 Å². The molecular weight excluding hydrogens is 262 g/mol. The van der Waals surface area contributed by atoms with Gasteiger partial charge in [-0.3, -0.25) is 0 Å². The maximum absolute atomic E-state index is 4.61. The average Bonchev–Trinajstić information content (AvgIpc) is 3.30. The molecule has 1 fully saturated rings. The monoisotopic (exact) mass is 283 g/mol. The van der Waals surface area contributed by atoms with E-state index in [-0.39, 0.29) is 0 Å². The lowest BCUT2D eigenvalue weighted by atomic mass is 10.1. The molecule has 0 unspecified atom stereocenters. The van der Waals surface area contributed by atoms with Crippen LogP contribution in [0.4, 0.5) is 0 Å². The van der Waals surface area contributed by atoms with E-state index in [0.29, 0.717) is 5.82 Å². The van der Waals surface area contributed by atoms with Crippen molar-refractivity contribution < 1.29 is 0 Å². The molecule has 0 atom stereocenters. The molecule has 0 radical (unpaired) electrons. The lowest BCUT2D eigenvalue weighted by molar-refractivity contribution is 0.642. The van der Waals surface area contributed by atoms with Gasteiger partial charge in [0.2, 0.25) is 0 Å². The highest BCUT2D eigenvalue weighted by molar-refractivity contribution is 5.49. The highest BCUT2D eigenvalue weighted by Gasteiger charge is 2.19. The highest BCUT2D eigenvalue weighted by Crippen LogP contribution is 2.20. The van der Waals surface area contributed by atoms with Crippen LogP contribution in [0, 0.1) is 13.8 Å². The largest absolute Gasteiger partial charge is 0.314 e. The molecule has 2 heterocycles. The van der Waals surface area contributed by atoms with Crippen molar-refractivity contribution in [1.29, 1.82) is 0 Å². The third-order valence-corrected chi connectivity index (χ3v) is 3.85. The zero-order valence-electron chi connectivity index (χ0n) is 12.6. The van der Waals surface area contributed by atoms with E-state index >= 15 is 0 Å². The van der Waals surface area contributed by atoms with Crippen LogP contribution < -0.4 is 5.32 Å². The first-order valence-corrected chi connectivity index (χ1v) is 7.58. The summed E-state index contributed by atoms with van der Waals surface area (Å²) in [7, 11) is 0. The quantitative estimate of drug-likeness (QED) is 0.824. The smallest absolute Gasteiger partial charge is 0.178 e. The van der Waals surface area contributed by atoms with Gasteiger partial charge in [-0.2, -0.15) is 0 Å². The summed E-state index contributed by atoms with van der Waals surface area (Å²) in [5, 5.41) is 3.55. The van der Waals surface area contributed by atoms with Crippen LogP contribution in [0.15, 0.2) is 18.6 Å². The van der Waals surface area contributed by atoms with Crippen LogP contribution >= 0.6 is 0 Å². The predicted octanol–water partition coefficient (Wildman–Crippen LogP) is 2.24. The Bertz CT molecular complexity index is 584. The van der Waals surface area contributed by atoms with Gasteiger partial charge in [0, 0.05) is 23.6 Å². The number of nitrogens with zero attached hydrogens (tertiary/aromatic N) is 4. The topological polar surface area (TPSA) is 63.6 Å². The van der Waals surface area contributed by atoms with Crippen LogP contribution in [0.1, 0.15) is 36.2 Å². The number of hydrogen-bond acceptors (Lipinski definition) is 5. The minimum Gasteiger partial charge on any atom is -0.314 e. The zero-order valence-corrected chi connectivity index (χ0v) is 12.6. The van der Waals surface area contributed by atoms with Crippen LogP contribution in [-0.2, 0) is 6.42 Å². The van der Waals surface area contributed by atoms with E-state index < -0.39 is 0 Å². The molecule has 1 aliphatic rings. The molecule has 0 amide bonds. The molecule has 1 N–H and O–H groups in total. The van der Waals surface area contributed by atoms with Crippen molar-refractivity contribution in [2.75, 3.05) is 6.54 Å². The van der Waals surface area contributed by atoms with E-state index in [1.54, 1.807) is 6.20 Å². The van der Waals surface area contributed by atoms with Gasteiger partial charge in [0.25, 0.3) is 0 Å². The third kappa shape index (κ3) is 3.61. The second kappa shape index (κ2) is 6.26. The minimum absolute atomic E-state index is 0.687. The molecular formula is C16H21N5. The Morgan fingerprint density at radius 2 is 1.95 bits per heavy atom. The van der Waals surface area contributed by atoms with Crippen LogP contribution in [0.3, 0.4) is 0 Å². The van der Waals surface area contributed by atoms with Crippen LogP contribution in [0.25, 0.3) is 11.5 Å². The Morgan fingerprint density at radius 3 is 2.57 bits per heavy atom. The predicted molar refractivity (Wildman–Crippen MR) is 81.9 cm³/mol. The van der Waals surface area contributed by atoms with E-state index in [9.17, 15) is 0 Å². The number of hydrogen-bond donors (Lipinski definition) is 1. The Morgan fingerprint density at radius 1 is 1.19 bits per heavy atom. The second-order valence-electron chi connectivity index (χ2n) is 5.62. The molecule has 2 aromatic rings. The fourth-order valence-corrected chi connectivity index (χ4v) is 2.50. The van der Waals surface area contributed by atoms with Crippen LogP contribution in [0.5, 0.6) is 0 Å². The molecule has 21 heavy (non-hydrogen) atoms. The summed E-state index contributed by atoms with van der Waals surface area (Å²) in [6.45, 7) is 5.20. The van der Waals surface area contributed by atoms with E-state index in [0.717, 1.165) is 42.5 Å². The molecule has 0 aliphatic heterocycles. The van der Waals surface area contributed by atoms with Gasteiger partial charge in [0.05, 0.1) is 0 Å². The summed E-state index contributed by atoms with van der Waals surface area (Å²) in [4.78, 5) is 17.4. The summed E-state index contributed by atoms with van der Waals surface area (Å²) >= 11 is 0. The van der Waals surface area contributed by atoms with Crippen molar-refractivity contribution in [2.24, 2.45) is 0 Å². The first kappa shape index (κ1) is 14.1. The molecule has 0 spiro atoms. The molecule has 5 heteroatoms. The van der Waals surface area contributed by atoms with Crippen molar-refractivity contribution in [2.45, 2.75) is 45.6 Å². The zero-order chi connectivity index (χ0) is 14.7. The number of aromatic nitrogens is 4. The Balaban J connectivity index is 1.70. The van der Waals surface area contributed by atoms with E-state index in [4.69, 9.17) is 0 Å². The van der Waals surface area contributed by atoms with Gasteiger partial charge in [-0.1, -0.05) is 0 Å². The molecule has 5 nitrogen and oxygen atoms in total. The fourth-order valence-electron chi connectivity index (χ4n) is 2.50. The van der Waals surface area contributed by atoms with Gasteiger partial charge >= 0.3 is 0 Å². The average molecular weight is 283 g/mol. The van der Waals surface area contributed by atoms with Crippen molar-refractivity contribution in [3.8, 4) is 11.5 Å². The first-order chi connectivity index (χ1) is 10.2. The lowest BCUT2D eigenvalue weighted by Gasteiger charge is -2.11. The van der Waals surface area contributed by atoms with Gasteiger partial charge in [0.1, 0.15) is 12.0 Å². The summed E-state index contributed by atoms with van der Waals surface area (Å²) in [5.74, 6) is 0.687. The van der Waals surface area contributed by atoms with Crippen molar-refractivity contribution in [1.82, 2.24) is 25.3 Å². The van der Waals surface area contributed by atoms with Gasteiger partial charge in [-0.15, -0.1) is 0 Å². The highest BCUT2D eigenvalue weighted by atomic mass is 15.0. The molecule has 110 valence electrons. The maximum Gasteiger partial charge on any atom is 0.178 e. The second-order valence-corrected chi connectivity index (χ2v) is 5.62. The summed E-state index contributed by atoms with van der Waals surface area (Å²) < 4.78 is 0. The molecule has 0 saturated heterocycles. The third-order valence-electron chi connectivity index (χ3n) is 3.85. The van der Waals surface area contributed by atoms with Gasteiger partial charge < -0.3 is 5.32 Å². The molecule has 0 aromatic carbocycles. The van der Waals surface area contributed by atoms with Gasteiger partial charge in [-0.25, -0.2) is 19.9 Å². The molecule has 3 rings (SSSR count). The summed E-state index contributed by atoms with van der Waals surface area (Å²) in [5.41, 5.74) is 4.16. The SMILES string of the molecule is Cc1nc(-c2ccncn2)nc(C)c1CCCNC1CC1. The van der Waals surface area contributed by atoms with E-state index in [1.165, 1.54) is 24.7 Å². The molecule has 2 aromatic heterocycles. The van der Waals surface area contributed by atoms with Crippen molar-refractivity contribution >= 4 is 0 Å². The molecule has 1 aliphatic carbocycles. The Labute approximate surface area is 125 Å². The molecule has 1 saturated carbocycles. The Hall–Kier alpha value is -1.88. The molecule has 0 bridgehead atoms. The van der Waals surface area contributed by atoms with Crippen LogP contribution in [0.2, 0.25) is 0 Å². The number of aryl methyl sites for hydroxylation is 2.